The lowest BCUT2D eigenvalue weighted by Gasteiger charge is -2.41. The van der Waals surface area contributed by atoms with Gasteiger partial charge in [-0.2, -0.15) is 0 Å². The summed E-state index contributed by atoms with van der Waals surface area (Å²) in [6, 6.07) is 9.85. The summed E-state index contributed by atoms with van der Waals surface area (Å²) in [5.41, 5.74) is 3.77. The number of allylic oxidation sites excluding steroid dienone is 2. The molecule has 1 aliphatic heterocycles. The van der Waals surface area contributed by atoms with E-state index in [4.69, 9.17) is 10.4 Å². The Labute approximate surface area is 235 Å². The fraction of sp³-hybridized carbons (Fsp3) is 0.484. The predicted octanol–water partition coefficient (Wildman–Crippen LogP) is 4.76. The molecule has 0 spiro atoms. The third-order valence-corrected chi connectivity index (χ3v) is 9.01. The minimum Gasteiger partial charge on any atom is -0.395 e. The van der Waals surface area contributed by atoms with Crippen molar-refractivity contribution in [1.82, 2.24) is 20.1 Å². The molecule has 2 amide bonds. The number of carbonyl (C=O) groups is 1. The van der Waals surface area contributed by atoms with Crippen molar-refractivity contribution < 1.29 is 14.3 Å². The lowest BCUT2D eigenvalue weighted by atomic mass is 9.65. The molecular formula is C31H39FN6O2. The van der Waals surface area contributed by atoms with Gasteiger partial charge in [0.15, 0.2) is 0 Å². The van der Waals surface area contributed by atoms with Crippen LogP contribution in [-0.4, -0.2) is 77.2 Å². The van der Waals surface area contributed by atoms with Crippen LogP contribution in [0.15, 0.2) is 65.4 Å². The van der Waals surface area contributed by atoms with Crippen LogP contribution < -0.4 is 5.32 Å². The van der Waals surface area contributed by atoms with Crippen molar-refractivity contribution in [2.24, 2.45) is 22.2 Å². The molecule has 9 heteroatoms. The second-order valence-electron chi connectivity index (χ2n) is 11.4. The molecule has 1 saturated carbocycles. The first kappa shape index (κ1) is 28.1. The minimum absolute atomic E-state index is 0.0638. The molecule has 5 rings (SSSR count). The summed E-state index contributed by atoms with van der Waals surface area (Å²) in [7, 11) is 0. The van der Waals surface area contributed by atoms with Crippen LogP contribution in [0.1, 0.15) is 44.2 Å². The van der Waals surface area contributed by atoms with E-state index in [1.165, 1.54) is 23.9 Å². The van der Waals surface area contributed by atoms with Gasteiger partial charge < -0.3 is 20.7 Å². The van der Waals surface area contributed by atoms with Crippen molar-refractivity contribution in [2.45, 2.75) is 38.6 Å². The van der Waals surface area contributed by atoms with E-state index in [2.05, 4.69) is 28.2 Å². The number of piperazine rings is 1. The van der Waals surface area contributed by atoms with Crippen molar-refractivity contribution >= 4 is 23.6 Å². The Hall–Kier alpha value is -3.43. The Morgan fingerprint density at radius 2 is 2.05 bits per heavy atom. The molecule has 1 aromatic carbocycles. The number of aliphatic imine (C=N–C) groups is 1. The van der Waals surface area contributed by atoms with E-state index < -0.39 is 0 Å². The third kappa shape index (κ3) is 6.15. The van der Waals surface area contributed by atoms with E-state index >= 15 is 0 Å². The number of aliphatic hydroxyl groups excluding tert-OH is 1. The Morgan fingerprint density at radius 1 is 1.27 bits per heavy atom. The van der Waals surface area contributed by atoms with Crippen molar-refractivity contribution in [3.05, 3.63) is 71.8 Å². The van der Waals surface area contributed by atoms with Crippen molar-refractivity contribution in [1.29, 1.82) is 5.41 Å². The summed E-state index contributed by atoms with van der Waals surface area (Å²) in [5.74, 6) is -0.0958. The molecule has 2 aliphatic carbocycles. The maximum absolute atomic E-state index is 13.4. The molecule has 2 heterocycles. The van der Waals surface area contributed by atoms with E-state index in [0.717, 1.165) is 50.0 Å². The van der Waals surface area contributed by atoms with Crippen LogP contribution in [0.5, 0.6) is 0 Å². The quantitative estimate of drug-likeness (QED) is 0.416. The standard InChI is InChI=1S/C31H39FN6O2/c1-31-19-23(20-33)29(35-27-8-6-26(32)7-9-27)18-25(31)5-4-24(31)17-28(22-3-2-10-34-21-22)36-30(40)38-13-11-37(12-14-38)15-16-39/h2-3,6-10,18,20-21,23-24,28,33,39H,4-5,11-17,19H2,1H3,(H,36,40). The zero-order valence-corrected chi connectivity index (χ0v) is 23.1. The number of fused-ring (bicyclic) bond motifs is 1. The van der Waals surface area contributed by atoms with Crippen LogP contribution in [-0.2, 0) is 0 Å². The number of aliphatic hydroxyl groups is 1. The highest BCUT2D eigenvalue weighted by Gasteiger charge is 2.47. The number of nitrogens with one attached hydrogen (secondary N) is 2. The molecule has 3 N–H and O–H groups in total. The summed E-state index contributed by atoms with van der Waals surface area (Å²) >= 11 is 0. The normalized spacial score (nSPS) is 26.7. The average molecular weight is 547 g/mol. The number of aromatic nitrogens is 1. The van der Waals surface area contributed by atoms with Gasteiger partial charge in [0.25, 0.3) is 0 Å². The van der Waals surface area contributed by atoms with Crippen LogP contribution in [0.2, 0.25) is 0 Å². The monoisotopic (exact) mass is 546 g/mol. The second-order valence-corrected chi connectivity index (χ2v) is 11.4. The van der Waals surface area contributed by atoms with E-state index in [1.807, 2.05) is 23.2 Å². The maximum Gasteiger partial charge on any atom is 0.317 e. The van der Waals surface area contributed by atoms with Gasteiger partial charge in [0.05, 0.1) is 18.3 Å². The first-order valence-electron chi connectivity index (χ1n) is 14.2. The fourth-order valence-electron chi connectivity index (χ4n) is 6.58. The van der Waals surface area contributed by atoms with Crippen molar-refractivity contribution in [2.75, 3.05) is 39.3 Å². The molecule has 40 heavy (non-hydrogen) atoms. The number of benzene rings is 1. The molecule has 3 aliphatic rings. The first-order valence-corrected chi connectivity index (χ1v) is 14.2. The van der Waals surface area contributed by atoms with Gasteiger partial charge >= 0.3 is 6.03 Å². The summed E-state index contributed by atoms with van der Waals surface area (Å²) in [6.45, 7) is 5.85. The van der Waals surface area contributed by atoms with Gasteiger partial charge in [-0.05, 0) is 79.0 Å². The number of rotatable bonds is 8. The molecule has 2 fully saturated rings. The average Bonchev–Trinajstić information content (AvgIpc) is 3.29. The van der Waals surface area contributed by atoms with Crippen LogP contribution in [0.4, 0.5) is 14.9 Å². The lowest BCUT2D eigenvalue weighted by Crippen LogP contribution is -2.52. The SMILES string of the molecule is CC12CC(C=N)C(=Nc3ccc(F)cc3)C=C1CCC2CC(NC(=O)N1CCN(CCO)CC1)c1cccnc1. The Morgan fingerprint density at radius 3 is 2.73 bits per heavy atom. The second kappa shape index (κ2) is 12.4. The van der Waals surface area contributed by atoms with Gasteiger partial charge in [-0.1, -0.05) is 18.6 Å². The fourth-order valence-corrected chi connectivity index (χ4v) is 6.58. The highest BCUT2D eigenvalue weighted by atomic mass is 19.1. The molecule has 4 atom stereocenters. The van der Waals surface area contributed by atoms with Gasteiger partial charge in [-0.15, -0.1) is 0 Å². The number of carbonyl (C=O) groups excluding carboxylic acids is 1. The zero-order valence-electron chi connectivity index (χ0n) is 23.1. The molecule has 0 radical (unpaired) electrons. The Balaban J connectivity index is 1.34. The number of urea groups is 1. The number of halogens is 1. The molecular weight excluding hydrogens is 507 g/mol. The van der Waals surface area contributed by atoms with E-state index in [-0.39, 0.29) is 35.8 Å². The van der Waals surface area contributed by atoms with Gasteiger partial charge in [0.1, 0.15) is 5.82 Å². The summed E-state index contributed by atoms with van der Waals surface area (Å²) in [4.78, 5) is 26.5. The number of hydrogen-bond donors (Lipinski definition) is 3. The van der Waals surface area contributed by atoms with E-state index in [9.17, 15) is 14.3 Å². The highest BCUT2D eigenvalue weighted by molar-refractivity contribution is 6.08. The number of nitrogens with zero attached hydrogens (tertiary/aromatic N) is 4. The van der Waals surface area contributed by atoms with Gasteiger partial charge in [0.2, 0.25) is 0 Å². The Kier molecular flexibility index (Phi) is 8.71. The van der Waals surface area contributed by atoms with Gasteiger partial charge in [-0.3, -0.25) is 14.9 Å². The molecule has 8 nitrogen and oxygen atoms in total. The molecule has 212 valence electrons. The van der Waals surface area contributed by atoms with Crippen molar-refractivity contribution in [3.8, 4) is 0 Å². The number of pyridine rings is 1. The summed E-state index contributed by atoms with van der Waals surface area (Å²) in [5, 5.41) is 20.7. The Bertz CT molecular complexity index is 1240. The molecule has 1 aromatic heterocycles. The van der Waals surface area contributed by atoms with E-state index in [1.54, 1.807) is 18.3 Å². The lowest BCUT2D eigenvalue weighted by molar-refractivity contribution is 0.119. The number of β-amino-alcohol motifs (C(OH)–C–C–N with tert-alkyl or cyclic N) is 1. The first-order chi connectivity index (χ1) is 19.4. The van der Waals surface area contributed by atoms with E-state index in [0.29, 0.717) is 31.2 Å². The predicted molar refractivity (Wildman–Crippen MR) is 155 cm³/mol. The van der Waals surface area contributed by atoms with Crippen LogP contribution in [0.25, 0.3) is 0 Å². The highest BCUT2D eigenvalue weighted by Crippen LogP contribution is 2.56. The molecule has 0 bridgehead atoms. The molecule has 4 unspecified atom stereocenters. The minimum atomic E-state index is -0.292. The van der Waals surface area contributed by atoms with Gasteiger partial charge in [-0.25, -0.2) is 9.18 Å². The summed E-state index contributed by atoms with van der Waals surface area (Å²) in [6.07, 6.45) is 10.8. The smallest absolute Gasteiger partial charge is 0.317 e. The number of hydrogen-bond acceptors (Lipinski definition) is 6. The number of amides is 2. The molecule has 1 saturated heterocycles. The summed E-state index contributed by atoms with van der Waals surface area (Å²) < 4.78 is 13.4. The van der Waals surface area contributed by atoms with Gasteiger partial charge in [0, 0.05) is 63.0 Å². The van der Waals surface area contributed by atoms with Crippen LogP contribution in [0, 0.1) is 28.5 Å². The maximum atomic E-state index is 13.4. The largest absolute Gasteiger partial charge is 0.395 e. The van der Waals surface area contributed by atoms with Crippen molar-refractivity contribution in [3.63, 3.8) is 0 Å². The topological polar surface area (TPSA) is 105 Å². The molecule has 2 aromatic rings. The van der Waals surface area contributed by atoms with Crippen LogP contribution >= 0.6 is 0 Å². The van der Waals surface area contributed by atoms with Crippen LogP contribution in [0.3, 0.4) is 0 Å². The third-order valence-electron chi connectivity index (χ3n) is 9.01. The zero-order chi connectivity index (χ0) is 28.1.